The maximum absolute atomic E-state index is 12.2. The molecule has 0 atom stereocenters. The Labute approximate surface area is 130 Å². The number of carboxylic acid groups (broad SMARTS) is 1. The Morgan fingerprint density at radius 2 is 2.10 bits per heavy atom. The summed E-state index contributed by atoms with van der Waals surface area (Å²) < 4.78 is 0.817. The second kappa shape index (κ2) is 6.89. The van der Waals surface area contributed by atoms with Crippen molar-refractivity contribution in [1.29, 1.82) is 0 Å². The van der Waals surface area contributed by atoms with Gasteiger partial charge >= 0.3 is 12.0 Å². The molecule has 0 spiro atoms. The van der Waals surface area contributed by atoms with Crippen LogP contribution in [0.15, 0.2) is 18.2 Å². The van der Waals surface area contributed by atoms with Crippen molar-refractivity contribution in [3.05, 3.63) is 27.3 Å². The summed E-state index contributed by atoms with van der Waals surface area (Å²) in [5.74, 6) is -1.05. The summed E-state index contributed by atoms with van der Waals surface area (Å²) in [6.45, 7) is 2.95. The highest BCUT2D eigenvalue weighted by Crippen LogP contribution is 2.19. The summed E-state index contributed by atoms with van der Waals surface area (Å²) in [6.07, 6.45) is 0.895. The molecular weight excluding hydrogens is 373 g/mol. The van der Waals surface area contributed by atoms with E-state index in [1.54, 1.807) is 23.1 Å². The molecule has 1 fully saturated rings. The highest BCUT2D eigenvalue weighted by molar-refractivity contribution is 14.1. The molecule has 0 aromatic heterocycles. The summed E-state index contributed by atoms with van der Waals surface area (Å²) in [6, 6.07) is 4.69. The first-order valence-corrected chi connectivity index (χ1v) is 7.45. The Morgan fingerprint density at radius 3 is 2.85 bits per heavy atom. The zero-order valence-corrected chi connectivity index (χ0v) is 13.0. The summed E-state index contributed by atoms with van der Waals surface area (Å²) in [5, 5.41) is 15.1. The normalized spacial score (nSPS) is 15.6. The maximum atomic E-state index is 12.2. The lowest BCUT2D eigenvalue weighted by molar-refractivity contribution is 0.0698. The third kappa shape index (κ3) is 3.83. The van der Waals surface area contributed by atoms with Crippen molar-refractivity contribution in [3.63, 3.8) is 0 Å². The van der Waals surface area contributed by atoms with Gasteiger partial charge in [0.25, 0.3) is 0 Å². The van der Waals surface area contributed by atoms with Crippen LogP contribution in [0, 0.1) is 3.57 Å². The van der Waals surface area contributed by atoms with Gasteiger partial charge in [-0.05, 0) is 53.8 Å². The van der Waals surface area contributed by atoms with Crippen molar-refractivity contribution >= 4 is 40.3 Å². The predicted molar refractivity (Wildman–Crippen MR) is 84.2 cm³/mol. The Morgan fingerprint density at radius 1 is 1.30 bits per heavy atom. The number of aromatic carboxylic acids is 1. The number of anilines is 1. The topological polar surface area (TPSA) is 81.7 Å². The molecule has 2 amide bonds. The minimum absolute atomic E-state index is 0.109. The van der Waals surface area contributed by atoms with Gasteiger partial charge in [0.2, 0.25) is 0 Å². The monoisotopic (exact) mass is 389 g/mol. The van der Waals surface area contributed by atoms with Crippen LogP contribution in [-0.4, -0.2) is 48.2 Å². The molecule has 20 heavy (non-hydrogen) atoms. The quantitative estimate of drug-likeness (QED) is 0.675. The minimum atomic E-state index is -1.05. The number of hydrogen-bond donors (Lipinski definition) is 3. The molecule has 0 bridgehead atoms. The van der Waals surface area contributed by atoms with E-state index in [9.17, 15) is 14.7 Å². The first-order valence-electron chi connectivity index (χ1n) is 6.37. The van der Waals surface area contributed by atoms with Crippen molar-refractivity contribution in [2.75, 3.05) is 31.5 Å². The van der Waals surface area contributed by atoms with E-state index in [1.165, 1.54) is 0 Å². The molecule has 0 saturated carbocycles. The second-order valence-corrected chi connectivity index (χ2v) is 5.76. The molecule has 1 saturated heterocycles. The molecule has 1 heterocycles. The van der Waals surface area contributed by atoms with E-state index in [1.807, 2.05) is 22.6 Å². The molecule has 108 valence electrons. The van der Waals surface area contributed by atoms with Crippen LogP contribution in [0.3, 0.4) is 0 Å². The molecule has 1 aliphatic heterocycles. The fourth-order valence-electron chi connectivity index (χ4n) is 2.05. The number of carbonyl (C=O) groups is 2. The number of amides is 2. The zero-order valence-electron chi connectivity index (χ0n) is 10.9. The van der Waals surface area contributed by atoms with Crippen molar-refractivity contribution in [3.8, 4) is 0 Å². The van der Waals surface area contributed by atoms with Crippen LogP contribution >= 0.6 is 22.6 Å². The van der Waals surface area contributed by atoms with E-state index in [2.05, 4.69) is 10.6 Å². The lowest BCUT2D eigenvalue weighted by Crippen LogP contribution is -2.37. The third-order valence-electron chi connectivity index (χ3n) is 3.08. The third-order valence-corrected chi connectivity index (χ3v) is 3.75. The SMILES string of the molecule is O=C(O)c1cc(I)ccc1NC(=O)N1CCCNCC1. The van der Waals surface area contributed by atoms with E-state index < -0.39 is 5.97 Å². The fourth-order valence-corrected chi connectivity index (χ4v) is 2.54. The fraction of sp³-hybridized carbons (Fsp3) is 0.385. The second-order valence-electron chi connectivity index (χ2n) is 4.52. The minimum Gasteiger partial charge on any atom is -0.478 e. The molecule has 2 rings (SSSR count). The number of halogens is 1. The van der Waals surface area contributed by atoms with Crippen molar-refractivity contribution in [2.24, 2.45) is 0 Å². The first-order chi connectivity index (χ1) is 9.58. The number of hydrogen-bond acceptors (Lipinski definition) is 3. The van der Waals surface area contributed by atoms with Gasteiger partial charge in [0.05, 0.1) is 11.3 Å². The molecule has 3 N–H and O–H groups in total. The van der Waals surface area contributed by atoms with Gasteiger partial charge in [0.1, 0.15) is 0 Å². The van der Waals surface area contributed by atoms with E-state index in [-0.39, 0.29) is 11.6 Å². The zero-order chi connectivity index (χ0) is 14.5. The van der Waals surface area contributed by atoms with Crippen LogP contribution in [-0.2, 0) is 0 Å². The van der Waals surface area contributed by atoms with Gasteiger partial charge in [-0.3, -0.25) is 0 Å². The Hall–Kier alpha value is -1.35. The van der Waals surface area contributed by atoms with Crippen molar-refractivity contribution in [2.45, 2.75) is 6.42 Å². The van der Waals surface area contributed by atoms with Gasteiger partial charge in [-0.1, -0.05) is 0 Å². The lowest BCUT2D eigenvalue weighted by atomic mass is 10.2. The Bertz CT molecular complexity index is 514. The molecule has 1 aromatic rings. The molecule has 1 aliphatic rings. The van der Waals surface area contributed by atoms with Gasteiger partial charge in [-0.25, -0.2) is 9.59 Å². The number of carboxylic acids is 1. The molecule has 0 unspecified atom stereocenters. The number of nitrogens with one attached hydrogen (secondary N) is 2. The van der Waals surface area contributed by atoms with Crippen LogP contribution in [0.1, 0.15) is 16.8 Å². The van der Waals surface area contributed by atoms with Crippen LogP contribution in [0.4, 0.5) is 10.5 Å². The Balaban J connectivity index is 2.12. The number of urea groups is 1. The van der Waals surface area contributed by atoms with Crippen LogP contribution < -0.4 is 10.6 Å². The molecule has 0 aliphatic carbocycles. The molecule has 6 nitrogen and oxygen atoms in total. The molecule has 1 aromatic carbocycles. The smallest absolute Gasteiger partial charge is 0.337 e. The van der Waals surface area contributed by atoms with Crippen LogP contribution in [0.25, 0.3) is 0 Å². The lowest BCUT2D eigenvalue weighted by Gasteiger charge is -2.21. The van der Waals surface area contributed by atoms with Gasteiger partial charge in [0.15, 0.2) is 0 Å². The van der Waals surface area contributed by atoms with E-state index in [0.29, 0.717) is 18.8 Å². The van der Waals surface area contributed by atoms with E-state index in [4.69, 9.17) is 0 Å². The van der Waals surface area contributed by atoms with Gasteiger partial charge in [-0.2, -0.15) is 0 Å². The predicted octanol–water partition coefficient (Wildman–Crippen LogP) is 1.82. The number of benzene rings is 1. The largest absolute Gasteiger partial charge is 0.478 e. The highest BCUT2D eigenvalue weighted by Gasteiger charge is 2.18. The average Bonchev–Trinajstić information content (AvgIpc) is 2.69. The standard InChI is InChI=1S/C13H16IN3O3/c14-9-2-3-11(10(8-9)12(18)19)16-13(20)17-6-1-4-15-5-7-17/h2-3,8,15H,1,4-7H2,(H,16,20)(H,18,19). The van der Waals surface area contributed by atoms with E-state index >= 15 is 0 Å². The van der Waals surface area contributed by atoms with Crippen molar-refractivity contribution < 1.29 is 14.7 Å². The molecule has 7 heteroatoms. The van der Waals surface area contributed by atoms with Crippen LogP contribution in [0.2, 0.25) is 0 Å². The molecule has 0 radical (unpaired) electrons. The van der Waals surface area contributed by atoms with Gasteiger partial charge in [-0.15, -0.1) is 0 Å². The van der Waals surface area contributed by atoms with Crippen molar-refractivity contribution in [1.82, 2.24) is 10.2 Å². The number of nitrogens with zero attached hydrogens (tertiary/aromatic N) is 1. The number of carbonyl (C=O) groups excluding carboxylic acids is 1. The first kappa shape index (κ1) is 15.0. The summed E-state index contributed by atoms with van der Waals surface area (Å²) in [7, 11) is 0. The summed E-state index contributed by atoms with van der Waals surface area (Å²) in [4.78, 5) is 25.1. The average molecular weight is 389 g/mol. The highest BCUT2D eigenvalue weighted by atomic mass is 127. The van der Waals surface area contributed by atoms with Crippen LogP contribution in [0.5, 0.6) is 0 Å². The molecular formula is C13H16IN3O3. The van der Waals surface area contributed by atoms with Gasteiger partial charge in [0, 0.05) is 23.2 Å². The summed E-state index contributed by atoms with van der Waals surface area (Å²) in [5.41, 5.74) is 0.443. The number of rotatable bonds is 2. The van der Waals surface area contributed by atoms with Gasteiger partial charge < -0.3 is 20.6 Å². The Kier molecular flexibility index (Phi) is 5.18. The maximum Gasteiger partial charge on any atom is 0.337 e. The van der Waals surface area contributed by atoms with E-state index in [0.717, 1.165) is 23.1 Å². The summed E-state index contributed by atoms with van der Waals surface area (Å²) >= 11 is 2.04.